The fourth-order valence-corrected chi connectivity index (χ4v) is 5.91. The van der Waals surface area contributed by atoms with Crippen molar-refractivity contribution >= 4 is 29.2 Å². The molecule has 0 fully saturated rings. The van der Waals surface area contributed by atoms with Crippen molar-refractivity contribution in [2.45, 2.75) is 38.8 Å². The predicted octanol–water partition coefficient (Wildman–Crippen LogP) is 9.20. The summed E-state index contributed by atoms with van der Waals surface area (Å²) in [4.78, 5) is 4.74. The van der Waals surface area contributed by atoms with Crippen LogP contribution in [0.25, 0.3) is 0 Å². The first-order valence-electron chi connectivity index (χ1n) is 13.9. The predicted molar refractivity (Wildman–Crippen MR) is 165 cm³/mol. The zero-order valence-electron chi connectivity index (χ0n) is 22.8. The highest BCUT2D eigenvalue weighted by Gasteiger charge is 2.37. The van der Waals surface area contributed by atoms with Crippen LogP contribution in [0.2, 0.25) is 5.02 Å². The summed E-state index contributed by atoms with van der Waals surface area (Å²) in [5.41, 5.74) is 8.06. The standard InChI is InChI=1S/C35H33ClN2O2/c1-3-39-34-20-24(12-18-33(34)40-22-26-7-4-5-10-31(26)36)21-37-27-15-13-25(14-16-27)35-29-9-6-8-28(29)30-19-23(2)11-17-32(30)38-35/h4-8,10-21,28-29,35,38H,3,9,22H2,1-2H3/t28-,29-,35-/m0/s1. The van der Waals surface area contributed by atoms with Crippen molar-refractivity contribution in [3.63, 3.8) is 0 Å². The second-order valence-electron chi connectivity index (χ2n) is 10.4. The van der Waals surface area contributed by atoms with Gasteiger partial charge in [0, 0.05) is 28.4 Å². The second-order valence-corrected chi connectivity index (χ2v) is 10.8. The average Bonchev–Trinajstić information content (AvgIpc) is 3.47. The number of fused-ring (bicyclic) bond motifs is 3. The van der Waals surface area contributed by atoms with E-state index in [0.29, 0.717) is 41.6 Å². The Bertz CT molecular complexity index is 1560. The Kier molecular flexibility index (Phi) is 7.61. The van der Waals surface area contributed by atoms with Crippen LogP contribution in [-0.4, -0.2) is 12.8 Å². The van der Waals surface area contributed by atoms with Gasteiger partial charge >= 0.3 is 0 Å². The summed E-state index contributed by atoms with van der Waals surface area (Å²) >= 11 is 6.28. The Morgan fingerprint density at radius 2 is 1.80 bits per heavy atom. The SMILES string of the molecule is CCOc1cc(C=Nc2ccc([C@@H]3Nc4ccc(C)cc4[C@H]4C=CC[C@@H]43)cc2)ccc1OCc1ccccc1Cl. The Morgan fingerprint density at radius 1 is 0.950 bits per heavy atom. The largest absolute Gasteiger partial charge is 0.490 e. The number of rotatable bonds is 8. The molecule has 4 aromatic carbocycles. The van der Waals surface area contributed by atoms with Crippen LogP contribution in [0.15, 0.2) is 102 Å². The van der Waals surface area contributed by atoms with Crippen LogP contribution in [0.1, 0.15) is 53.1 Å². The van der Waals surface area contributed by atoms with E-state index in [4.69, 9.17) is 26.1 Å². The van der Waals surface area contributed by atoms with Gasteiger partial charge in [-0.25, -0.2) is 0 Å². The summed E-state index contributed by atoms with van der Waals surface area (Å²) in [6.07, 6.45) is 7.68. The van der Waals surface area contributed by atoms with Crippen LogP contribution < -0.4 is 14.8 Å². The van der Waals surface area contributed by atoms with Gasteiger partial charge in [0.1, 0.15) is 6.61 Å². The van der Waals surface area contributed by atoms with Gasteiger partial charge in [-0.05, 0) is 85.3 Å². The first-order valence-corrected chi connectivity index (χ1v) is 14.3. The lowest BCUT2D eigenvalue weighted by molar-refractivity contribution is 0.269. The number of halogens is 1. The molecule has 202 valence electrons. The van der Waals surface area contributed by atoms with Crippen LogP contribution in [0.3, 0.4) is 0 Å². The summed E-state index contributed by atoms with van der Waals surface area (Å²) in [5, 5.41) is 4.51. The van der Waals surface area contributed by atoms with Crippen molar-refractivity contribution in [1.82, 2.24) is 0 Å². The molecular weight excluding hydrogens is 516 g/mol. The molecule has 1 heterocycles. The summed E-state index contributed by atoms with van der Waals surface area (Å²) in [6, 6.07) is 29.2. The van der Waals surface area contributed by atoms with Gasteiger partial charge in [-0.1, -0.05) is 71.8 Å². The van der Waals surface area contributed by atoms with E-state index in [-0.39, 0.29) is 6.04 Å². The van der Waals surface area contributed by atoms with E-state index in [0.717, 1.165) is 23.2 Å². The van der Waals surface area contributed by atoms with Crippen molar-refractivity contribution in [2.24, 2.45) is 10.9 Å². The van der Waals surface area contributed by atoms with Gasteiger partial charge in [0.05, 0.1) is 18.3 Å². The molecule has 0 spiro atoms. The number of nitrogens with zero attached hydrogens (tertiary/aromatic N) is 1. The number of benzene rings is 4. The average molecular weight is 549 g/mol. The molecule has 4 aromatic rings. The first-order chi connectivity index (χ1) is 19.6. The lowest BCUT2D eigenvalue weighted by Gasteiger charge is -2.37. The highest BCUT2D eigenvalue weighted by atomic mass is 35.5. The highest BCUT2D eigenvalue weighted by molar-refractivity contribution is 6.31. The van der Waals surface area contributed by atoms with Crippen LogP contribution >= 0.6 is 11.6 Å². The summed E-state index contributed by atoms with van der Waals surface area (Å²) in [7, 11) is 0. The smallest absolute Gasteiger partial charge is 0.161 e. The molecule has 0 amide bonds. The van der Waals surface area contributed by atoms with Crippen LogP contribution in [0, 0.1) is 12.8 Å². The Morgan fingerprint density at radius 3 is 2.62 bits per heavy atom. The summed E-state index contributed by atoms with van der Waals surface area (Å²) in [6.45, 7) is 5.05. The van der Waals surface area contributed by atoms with Gasteiger partial charge in [0.15, 0.2) is 11.5 Å². The van der Waals surface area contributed by atoms with E-state index < -0.39 is 0 Å². The zero-order chi connectivity index (χ0) is 27.5. The lowest BCUT2D eigenvalue weighted by Crippen LogP contribution is -2.29. The molecule has 0 saturated heterocycles. The zero-order valence-corrected chi connectivity index (χ0v) is 23.6. The van der Waals surface area contributed by atoms with Gasteiger partial charge in [-0.2, -0.15) is 0 Å². The van der Waals surface area contributed by atoms with Crippen molar-refractivity contribution in [3.05, 3.63) is 130 Å². The van der Waals surface area contributed by atoms with E-state index in [1.807, 2.05) is 55.6 Å². The van der Waals surface area contributed by atoms with E-state index >= 15 is 0 Å². The van der Waals surface area contributed by atoms with Crippen LogP contribution in [0.5, 0.6) is 11.5 Å². The topological polar surface area (TPSA) is 42.8 Å². The number of aryl methyl sites for hydroxylation is 1. The van der Waals surface area contributed by atoms with Gasteiger partial charge in [0.2, 0.25) is 0 Å². The van der Waals surface area contributed by atoms with Gasteiger partial charge in [0.25, 0.3) is 0 Å². The van der Waals surface area contributed by atoms with Crippen molar-refractivity contribution in [3.8, 4) is 11.5 Å². The molecule has 5 heteroatoms. The second kappa shape index (κ2) is 11.6. The third-order valence-corrected chi connectivity index (χ3v) is 8.11. The number of hydrogen-bond donors (Lipinski definition) is 1. The van der Waals surface area contributed by atoms with Gasteiger partial charge in [-0.3, -0.25) is 4.99 Å². The quantitative estimate of drug-likeness (QED) is 0.176. The number of hydrogen-bond acceptors (Lipinski definition) is 4. The molecule has 0 saturated carbocycles. The van der Waals surface area contributed by atoms with E-state index in [1.54, 1.807) is 0 Å². The fraction of sp³-hybridized carbons (Fsp3) is 0.229. The van der Waals surface area contributed by atoms with Gasteiger partial charge in [-0.15, -0.1) is 0 Å². The van der Waals surface area contributed by atoms with E-state index in [2.05, 4.69) is 66.9 Å². The molecule has 0 bridgehead atoms. The van der Waals surface area contributed by atoms with Crippen molar-refractivity contribution < 1.29 is 9.47 Å². The molecule has 1 N–H and O–H groups in total. The molecule has 0 radical (unpaired) electrons. The minimum atomic E-state index is 0.278. The minimum Gasteiger partial charge on any atom is -0.490 e. The molecule has 6 rings (SSSR count). The maximum atomic E-state index is 6.28. The Labute approximate surface area is 241 Å². The van der Waals surface area contributed by atoms with Gasteiger partial charge < -0.3 is 14.8 Å². The van der Waals surface area contributed by atoms with E-state index in [9.17, 15) is 0 Å². The number of anilines is 1. The molecular formula is C35H33ClN2O2. The fourth-order valence-electron chi connectivity index (χ4n) is 5.72. The molecule has 1 aliphatic heterocycles. The van der Waals surface area contributed by atoms with Crippen molar-refractivity contribution in [1.29, 1.82) is 0 Å². The Balaban J connectivity index is 1.16. The number of nitrogens with one attached hydrogen (secondary N) is 1. The molecule has 3 atom stereocenters. The summed E-state index contributed by atoms with van der Waals surface area (Å²) < 4.78 is 11.9. The molecule has 40 heavy (non-hydrogen) atoms. The maximum Gasteiger partial charge on any atom is 0.161 e. The highest BCUT2D eigenvalue weighted by Crippen LogP contribution is 2.50. The van der Waals surface area contributed by atoms with Crippen LogP contribution in [-0.2, 0) is 6.61 Å². The molecule has 4 nitrogen and oxygen atoms in total. The number of allylic oxidation sites excluding steroid dienone is 2. The first kappa shape index (κ1) is 26.2. The molecule has 0 unspecified atom stereocenters. The van der Waals surface area contributed by atoms with Crippen molar-refractivity contribution in [2.75, 3.05) is 11.9 Å². The molecule has 2 aliphatic rings. The maximum absolute atomic E-state index is 6.28. The van der Waals surface area contributed by atoms with E-state index in [1.165, 1.54) is 22.4 Å². The third kappa shape index (κ3) is 5.50. The minimum absolute atomic E-state index is 0.278. The van der Waals surface area contributed by atoms with Crippen LogP contribution in [0.4, 0.5) is 11.4 Å². The third-order valence-electron chi connectivity index (χ3n) is 7.74. The Hall–Kier alpha value is -4.02. The normalized spacial score (nSPS) is 19.2. The number of aliphatic imine (C=N–C) groups is 1. The number of ether oxygens (including phenoxy) is 2. The molecule has 1 aliphatic carbocycles. The monoisotopic (exact) mass is 548 g/mol. The summed E-state index contributed by atoms with van der Waals surface area (Å²) in [5.74, 6) is 2.36. The lowest BCUT2D eigenvalue weighted by atomic mass is 9.76. The molecule has 0 aromatic heterocycles.